The van der Waals surface area contributed by atoms with E-state index in [9.17, 15) is 13.2 Å². The minimum absolute atomic E-state index is 0.208. The molecular formula is C21H28F3N5Sn. The molecule has 1 saturated heterocycles. The summed E-state index contributed by atoms with van der Waals surface area (Å²) in [5.74, 6) is 0.743. The molecule has 2 aliphatic rings. The van der Waals surface area contributed by atoms with Crippen molar-refractivity contribution in [3.8, 4) is 0 Å². The van der Waals surface area contributed by atoms with E-state index in [1.165, 1.54) is 11.3 Å². The van der Waals surface area contributed by atoms with Crippen LogP contribution in [0.15, 0.2) is 24.4 Å². The molecule has 1 saturated carbocycles. The van der Waals surface area contributed by atoms with E-state index in [2.05, 4.69) is 37.6 Å². The summed E-state index contributed by atoms with van der Waals surface area (Å²) < 4.78 is 40.6. The van der Waals surface area contributed by atoms with Gasteiger partial charge in [-0.05, 0) is 0 Å². The SMILES string of the molecule is [CH3][Sn]([CH3])([CH3])[c]1nc(Nc2ccc(N3CCNCC3)cc2C2CC2)ncc1C(F)(F)F. The number of hydrogen-bond acceptors (Lipinski definition) is 5. The van der Waals surface area contributed by atoms with E-state index in [0.29, 0.717) is 5.92 Å². The van der Waals surface area contributed by atoms with Crippen molar-refractivity contribution < 1.29 is 13.2 Å². The number of halogens is 3. The summed E-state index contributed by atoms with van der Waals surface area (Å²) in [5, 5.41) is 6.59. The Morgan fingerprint density at radius 2 is 1.83 bits per heavy atom. The maximum absolute atomic E-state index is 13.5. The molecule has 4 rings (SSSR count). The van der Waals surface area contributed by atoms with Gasteiger partial charge in [-0.3, -0.25) is 0 Å². The minimum atomic E-state index is -4.43. The van der Waals surface area contributed by atoms with E-state index < -0.39 is 30.1 Å². The average Bonchev–Trinajstić information content (AvgIpc) is 3.53. The Kier molecular flexibility index (Phi) is 5.91. The number of rotatable bonds is 5. The van der Waals surface area contributed by atoms with Crippen molar-refractivity contribution in [1.29, 1.82) is 0 Å². The molecule has 1 aromatic heterocycles. The third-order valence-electron chi connectivity index (χ3n) is 5.59. The quantitative estimate of drug-likeness (QED) is 0.576. The number of nitrogens with zero attached hydrogens (tertiary/aromatic N) is 3. The van der Waals surface area contributed by atoms with Gasteiger partial charge in [0.1, 0.15) is 0 Å². The van der Waals surface area contributed by atoms with Crippen LogP contribution in [0.3, 0.4) is 0 Å². The van der Waals surface area contributed by atoms with Crippen LogP contribution in [0.5, 0.6) is 0 Å². The molecule has 2 heterocycles. The molecule has 1 aromatic carbocycles. The molecule has 2 fully saturated rings. The summed E-state index contributed by atoms with van der Waals surface area (Å²) in [7, 11) is 0. The van der Waals surface area contributed by atoms with Crippen molar-refractivity contribution in [2.24, 2.45) is 0 Å². The van der Waals surface area contributed by atoms with Gasteiger partial charge in [0, 0.05) is 0 Å². The van der Waals surface area contributed by atoms with Crippen LogP contribution >= 0.6 is 0 Å². The van der Waals surface area contributed by atoms with Gasteiger partial charge >= 0.3 is 180 Å². The van der Waals surface area contributed by atoms with Crippen LogP contribution in [0.25, 0.3) is 0 Å². The predicted octanol–water partition coefficient (Wildman–Crippen LogP) is 4.07. The molecule has 2 N–H and O–H groups in total. The van der Waals surface area contributed by atoms with E-state index in [4.69, 9.17) is 0 Å². The summed E-state index contributed by atoms with van der Waals surface area (Å²) in [6.45, 7) is 3.89. The Bertz CT molecular complexity index is 916. The monoisotopic (exact) mass is 527 g/mol. The molecule has 1 aliphatic carbocycles. The molecule has 0 atom stereocenters. The first-order valence-corrected chi connectivity index (χ1v) is 20.4. The number of anilines is 3. The Morgan fingerprint density at radius 3 is 2.43 bits per heavy atom. The van der Waals surface area contributed by atoms with Crippen LogP contribution in [0, 0.1) is 0 Å². The van der Waals surface area contributed by atoms with Crippen molar-refractivity contribution in [3.05, 3.63) is 35.5 Å². The number of piperazine rings is 1. The van der Waals surface area contributed by atoms with Crippen LogP contribution in [0.1, 0.15) is 29.9 Å². The summed E-state index contributed by atoms with van der Waals surface area (Å²) in [5.41, 5.74) is 2.61. The first-order chi connectivity index (χ1) is 14.1. The van der Waals surface area contributed by atoms with Crippen LogP contribution < -0.4 is 19.2 Å². The van der Waals surface area contributed by atoms with E-state index in [0.717, 1.165) is 50.9 Å². The van der Waals surface area contributed by atoms with Crippen molar-refractivity contribution in [3.63, 3.8) is 0 Å². The molecular weight excluding hydrogens is 498 g/mol. The molecule has 5 nitrogen and oxygen atoms in total. The predicted molar refractivity (Wildman–Crippen MR) is 117 cm³/mol. The summed E-state index contributed by atoms with van der Waals surface area (Å²) in [4.78, 5) is 16.6. The van der Waals surface area contributed by atoms with Crippen LogP contribution in [0.2, 0.25) is 14.8 Å². The van der Waals surface area contributed by atoms with Crippen molar-refractivity contribution in [2.45, 2.75) is 39.8 Å². The van der Waals surface area contributed by atoms with E-state index in [-0.39, 0.29) is 9.66 Å². The van der Waals surface area contributed by atoms with E-state index in [1.807, 2.05) is 20.9 Å². The normalized spacial score (nSPS) is 17.9. The maximum atomic E-state index is 13.5. The Morgan fingerprint density at radius 1 is 1.13 bits per heavy atom. The van der Waals surface area contributed by atoms with E-state index >= 15 is 0 Å². The van der Waals surface area contributed by atoms with Crippen LogP contribution in [-0.2, 0) is 6.18 Å². The fourth-order valence-corrected chi connectivity index (χ4v) is 8.01. The van der Waals surface area contributed by atoms with Crippen molar-refractivity contribution >= 4 is 39.4 Å². The van der Waals surface area contributed by atoms with Crippen LogP contribution in [-0.4, -0.2) is 54.5 Å². The molecule has 0 amide bonds. The third kappa shape index (κ3) is 4.85. The zero-order valence-electron chi connectivity index (χ0n) is 17.6. The van der Waals surface area contributed by atoms with E-state index in [1.54, 1.807) is 0 Å². The molecule has 1 aliphatic heterocycles. The van der Waals surface area contributed by atoms with Gasteiger partial charge in [0.25, 0.3) is 0 Å². The zero-order chi connectivity index (χ0) is 21.5. The molecule has 9 heteroatoms. The van der Waals surface area contributed by atoms with Gasteiger partial charge in [0.05, 0.1) is 0 Å². The Labute approximate surface area is 179 Å². The molecule has 0 spiro atoms. The molecule has 0 radical (unpaired) electrons. The fourth-order valence-electron chi connectivity index (χ4n) is 3.86. The zero-order valence-corrected chi connectivity index (χ0v) is 20.5. The number of nitrogens with one attached hydrogen (secondary N) is 2. The van der Waals surface area contributed by atoms with Gasteiger partial charge < -0.3 is 0 Å². The average molecular weight is 526 g/mol. The number of hydrogen-bond donors (Lipinski definition) is 2. The first kappa shape index (κ1) is 21.7. The third-order valence-corrected chi connectivity index (χ3v) is 10.7. The van der Waals surface area contributed by atoms with Crippen molar-refractivity contribution in [2.75, 3.05) is 36.4 Å². The Balaban J connectivity index is 1.65. The molecule has 162 valence electrons. The molecule has 30 heavy (non-hydrogen) atoms. The summed E-state index contributed by atoms with van der Waals surface area (Å²) >= 11 is -3.11. The first-order valence-electron chi connectivity index (χ1n) is 10.4. The van der Waals surface area contributed by atoms with Crippen molar-refractivity contribution in [1.82, 2.24) is 15.3 Å². The fraction of sp³-hybridized carbons (Fsp3) is 0.524. The summed E-state index contributed by atoms with van der Waals surface area (Å²) in [6.07, 6.45) is -1.21. The second-order valence-electron chi connectivity index (χ2n) is 9.11. The molecule has 0 bridgehead atoms. The number of benzene rings is 1. The van der Waals surface area contributed by atoms with Gasteiger partial charge in [0.15, 0.2) is 0 Å². The van der Waals surface area contributed by atoms with Gasteiger partial charge in [0.2, 0.25) is 0 Å². The van der Waals surface area contributed by atoms with Gasteiger partial charge in [-0.15, -0.1) is 0 Å². The van der Waals surface area contributed by atoms with Gasteiger partial charge in [-0.2, -0.15) is 0 Å². The summed E-state index contributed by atoms with van der Waals surface area (Å²) in [6, 6.07) is 6.32. The number of aromatic nitrogens is 2. The number of alkyl halides is 3. The molecule has 0 unspecified atom stereocenters. The second kappa shape index (κ2) is 8.18. The van der Waals surface area contributed by atoms with Gasteiger partial charge in [-0.1, -0.05) is 0 Å². The molecule has 2 aromatic rings. The standard InChI is InChI=1S/C18H19F3N5.3CH3.Sn/c19-18(20,21)13-10-23-17(24-11-13)25-16-4-3-14(9-15(16)12-1-2-12)26-7-5-22-6-8-26;;;;/h3-4,9-10,12,22H,1-2,5-8H2,(H,23,24,25);3*1H3;. The second-order valence-corrected chi connectivity index (χ2v) is 23.3. The van der Waals surface area contributed by atoms with Gasteiger partial charge in [-0.25, -0.2) is 0 Å². The topological polar surface area (TPSA) is 53.1 Å². The van der Waals surface area contributed by atoms with Crippen LogP contribution in [0.4, 0.5) is 30.5 Å². The Hall–Kier alpha value is -1.55.